The van der Waals surface area contributed by atoms with Gasteiger partial charge < -0.3 is 10.6 Å². The Labute approximate surface area is 188 Å². The standard InChI is InChI=1S/C21H13F3N4O6/c22-21(23,24)13-4-2-6-15(10-13)25-19(29)12-3-1-5-14(9-12)26-20(30)17-8-7-16(27(31)32)11-18(17)28(33)34/h1-11H,(H,25,29)(H,26,30). The van der Waals surface area contributed by atoms with Gasteiger partial charge in [-0.1, -0.05) is 12.1 Å². The van der Waals surface area contributed by atoms with Crippen LogP contribution in [0.1, 0.15) is 26.3 Å². The van der Waals surface area contributed by atoms with Crippen molar-refractivity contribution in [1.82, 2.24) is 0 Å². The van der Waals surface area contributed by atoms with Crippen LogP contribution in [0.15, 0.2) is 66.7 Å². The van der Waals surface area contributed by atoms with Crippen LogP contribution in [0.5, 0.6) is 0 Å². The van der Waals surface area contributed by atoms with Gasteiger partial charge in [0.2, 0.25) is 0 Å². The zero-order valence-corrected chi connectivity index (χ0v) is 16.8. The Morgan fingerprint density at radius 1 is 0.765 bits per heavy atom. The summed E-state index contributed by atoms with van der Waals surface area (Å²) in [5, 5.41) is 26.7. The second kappa shape index (κ2) is 9.36. The SMILES string of the molecule is O=C(Nc1cccc(C(F)(F)F)c1)c1cccc(NC(=O)c2ccc([N+](=O)[O-])cc2[N+](=O)[O-])c1. The molecule has 0 aliphatic carbocycles. The normalized spacial score (nSPS) is 10.9. The number of hydrogen-bond donors (Lipinski definition) is 2. The van der Waals surface area contributed by atoms with Gasteiger partial charge in [0.15, 0.2) is 0 Å². The number of rotatable bonds is 6. The van der Waals surface area contributed by atoms with Crippen LogP contribution < -0.4 is 10.6 Å². The summed E-state index contributed by atoms with van der Waals surface area (Å²) in [5.74, 6) is -1.73. The van der Waals surface area contributed by atoms with E-state index in [-0.39, 0.29) is 16.9 Å². The van der Waals surface area contributed by atoms with Crippen LogP contribution in [-0.2, 0) is 6.18 Å². The van der Waals surface area contributed by atoms with Gasteiger partial charge in [0, 0.05) is 23.0 Å². The first-order valence-corrected chi connectivity index (χ1v) is 9.28. The van der Waals surface area contributed by atoms with Crippen molar-refractivity contribution < 1.29 is 32.6 Å². The van der Waals surface area contributed by atoms with Crippen LogP contribution in [0, 0.1) is 20.2 Å². The molecule has 0 aromatic heterocycles. The van der Waals surface area contributed by atoms with E-state index < -0.39 is 50.3 Å². The summed E-state index contributed by atoms with van der Waals surface area (Å²) in [6.45, 7) is 0. The van der Waals surface area contributed by atoms with E-state index in [1.165, 1.54) is 30.3 Å². The van der Waals surface area contributed by atoms with E-state index in [4.69, 9.17) is 0 Å². The van der Waals surface area contributed by atoms with Crippen molar-refractivity contribution in [3.63, 3.8) is 0 Å². The molecule has 3 aromatic carbocycles. The number of anilines is 2. The summed E-state index contributed by atoms with van der Waals surface area (Å²) in [4.78, 5) is 45.3. The lowest BCUT2D eigenvalue weighted by molar-refractivity contribution is -0.394. The maximum atomic E-state index is 12.9. The Morgan fingerprint density at radius 2 is 1.38 bits per heavy atom. The molecule has 3 rings (SSSR count). The highest BCUT2D eigenvalue weighted by atomic mass is 19.4. The Bertz CT molecular complexity index is 1310. The zero-order chi connectivity index (χ0) is 25.0. The Hall–Kier alpha value is -4.81. The predicted molar refractivity (Wildman–Crippen MR) is 114 cm³/mol. The molecule has 0 atom stereocenters. The van der Waals surface area contributed by atoms with Crippen LogP contribution in [0.25, 0.3) is 0 Å². The van der Waals surface area contributed by atoms with E-state index in [9.17, 15) is 43.0 Å². The maximum Gasteiger partial charge on any atom is 0.416 e. The molecule has 174 valence electrons. The molecule has 0 bridgehead atoms. The first-order valence-electron chi connectivity index (χ1n) is 9.28. The largest absolute Gasteiger partial charge is 0.416 e. The highest BCUT2D eigenvalue weighted by Gasteiger charge is 2.30. The lowest BCUT2D eigenvalue weighted by Gasteiger charge is -2.11. The summed E-state index contributed by atoms with van der Waals surface area (Å²) in [6.07, 6.45) is -4.59. The van der Waals surface area contributed by atoms with Crippen molar-refractivity contribution in [2.75, 3.05) is 10.6 Å². The third kappa shape index (κ3) is 5.51. The van der Waals surface area contributed by atoms with Gasteiger partial charge >= 0.3 is 6.18 Å². The lowest BCUT2D eigenvalue weighted by Crippen LogP contribution is -2.16. The van der Waals surface area contributed by atoms with E-state index in [0.717, 1.165) is 30.3 Å². The summed E-state index contributed by atoms with van der Waals surface area (Å²) >= 11 is 0. The molecule has 0 unspecified atom stereocenters. The molecule has 0 heterocycles. The molecule has 0 radical (unpaired) electrons. The van der Waals surface area contributed by atoms with Gasteiger partial charge in [-0.3, -0.25) is 29.8 Å². The number of carbonyl (C=O) groups excluding carboxylic acids is 2. The molecule has 0 aliphatic rings. The van der Waals surface area contributed by atoms with Crippen LogP contribution in [0.3, 0.4) is 0 Å². The quantitative estimate of drug-likeness (QED) is 0.379. The fourth-order valence-corrected chi connectivity index (χ4v) is 2.89. The first kappa shape index (κ1) is 23.8. The number of amides is 2. The molecule has 0 saturated carbocycles. The fourth-order valence-electron chi connectivity index (χ4n) is 2.89. The molecule has 0 saturated heterocycles. The van der Waals surface area contributed by atoms with Crippen molar-refractivity contribution >= 4 is 34.6 Å². The van der Waals surface area contributed by atoms with Crippen molar-refractivity contribution in [1.29, 1.82) is 0 Å². The molecule has 34 heavy (non-hydrogen) atoms. The van der Waals surface area contributed by atoms with Crippen molar-refractivity contribution in [3.8, 4) is 0 Å². The molecule has 2 amide bonds. The maximum absolute atomic E-state index is 12.9. The molecule has 2 N–H and O–H groups in total. The van der Waals surface area contributed by atoms with E-state index in [1.54, 1.807) is 0 Å². The summed E-state index contributed by atoms with van der Waals surface area (Å²) in [7, 11) is 0. The van der Waals surface area contributed by atoms with Gasteiger partial charge in [0.05, 0.1) is 21.5 Å². The zero-order valence-electron chi connectivity index (χ0n) is 16.8. The predicted octanol–water partition coefficient (Wildman–Crippen LogP) is 5.03. The third-order valence-electron chi connectivity index (χ3n) is 4.46. The van der Waals surface area contributed by atoms with Gasteiger partial charge in [0.25, 0.3) is 23.2 Å². The molecule has 3 aromatic rings. The molecule has 0 spiro atoms. The number of nitrogens with one attached hydrogen (secondary N) is 2. The number of non-ortho nitro benzene ring substituents is 1. The average molecular weight is 474 g/mol. The van der Waals surface area contributed by atoms with Crippen molar-refractivity contribution in [3.05, 3.63) is 104 Å². The number of nitrogens with zero attached hydrogens (tertiary/aromatic N) is 2. The lowest BCUT2D eigenvalue weighted by atomic mass is 10.1. The minimum Gasteiger partial charge on any atom is -0.322 e. The van der Waals surface area contributed by atoms with Crippen LogP contribution in [-0.4, -0.2) is 21.7 Å². The smallest absolute Gasteiger partial charge is 0.322 e. The van der Waals surface area contributed by atoms with E-state index in [2.05, 4.69) is 10.6 Å². The molecule has 10 nitrogen and oxygen atoms in total. The number of nitro groups is 2. The van der Waals surface area contributed by atoms with Gasteiger partial charge in [0.1, 0.15) is 5.56 Å². The number of hydrogen-bond acceptors (Lipinski definition) is 6. The molecule has 0 fully saturated rings. The Kier molecular flexibility index (Phi) is 6.56. The molecular weight excluding hydrogens is 461 g/mol. The van der Waals surface area contributed by atoms with Gasteiger partial charge in [-0.15, -0.1) is 0 Å². The van der Waals surface area contributed by atoms with Crippen molar-refractivity contribution in [2.45, 2.75) is 6.18 Å². The van der Waals surface area contributed by atoms with Crippen LogP contribution >= 0.6 is 0 Å². The minimum atomic E-state index is -4.59. The summed E-state index contributed by atoms with van der Waals surface area (Å²) in [6, 6.07) is 11.8. The number of alkyl halides is 3. The van der Waals surface area contributed by atoms with Gasteiger partial charge in [-0.05, 0) is 42.5 Å². The fraction of sp³-hybridized carbons (Fsp3) is 0.0476. The van der Waals surface area contributed by atoms with Crippen LogP contribution in [0.2, 0.25) is 0 Å². The summed E-state index contributed by atoms with van der Waals surface area (Å²) in [5.41, 5.74) is -2.83. The van der Waals surface area contributed by atoms with Crippen LogP contribution in [0.4, 0.5) is 35.9 Å². The third-order valence-corrected chi connectivity index (χ3v) is 4.46. The second-order valence-corrected chi connectivity index (χ2v) is 6.78. The Morgan fingerprint density at radius 3 is 2.00 bits per heavy atom. The topological polar surface area (TPSA) is 144 Å². The Balaban J connectivity index is 1.80. The highest BCUT2D eigenvalue weighted by molar-refractivity contribution is 6.09. The number of nitro benzene ring substituents is 2. The van der Waals surface area contributed by atoms with Crippen molar-refractivity contribution in [2.24, 2.45) is 0 Å². The van der Waals surface area contributed by atoms with E-state index >= 15 is 0 Å². The molecular formula is C21H13F3N4O6. The highest BCUT2D eigenvalue weighted by Crippen LogP contribution is 2.31. The molecule has 13 heteroatoms. The monoisotopic (exact) mass is 474 g/mol. The molecule has 0 aliphatic heterocycles. The first-order chi connectivity index (χ1) is 16.0. The second-order valence-electron chi connectivity index (χ2n) is 6.78. The van der Waals surface area contributed by atoms with E-state index in [1.807, 2.05) is 0 Å². The van der Waals surface area contributed by atoms with Gasteiger partial charge in [-0.25, -0.2) is 0 Å². The summed E-state index contributed by atoms with van der Waals surface area (Å²) < 4.78 is 38.6. The number of halogens is 3. The number of benzene rings is 3. The van der Waals surface area contributed by atoms with Gasteiger partial charge in [-0.2, -0.15) is 13.2 Å². The van der Waals surface area contributed by atoms with E-state index in [0.29, 0.717) is 6.07 Å². The number of carbonyl (C=O) groups is 2. The minimum absolute atomic E-state index is 0.0200. The average Bonchev–Trinajstić information content (AvgIpc) is 2.78.